The SMILES string of the molecule is C=C(C(N)=O)c1ccc2c(ccn2Cc2cccc(OC)c2)c1. The van der Waals surface area contributed by atoms with Crippen LogP contribution in [-0.2, 0) is 11.3 Å². The molecule has 0 atom stereocenters. The van der Waals surface area contributed by atoms with Crippen molar-refractivity contribution in [3.05, 3.63) is 72.4 Å². The largest absolute Gasteiger partial charge is 0.497 e. The van der Waals surface area contributed by atoms with Crippen LogP contribution in [-0.4, -0.2) is 17.6 Å². The number of carbonyl (C=O) groups excluding carboxylic acids is 1. The molecule has 4 nitrogen and oxygen atoms in total. The number of methoxy groups -OCH3 is 1. The van der Waals surface area contributed by atoms with Crippen molar-refractivity contribution in [2.45, 2.75) is 6.54 Å². The smallest absolute Gasteiger partial charge is 0.248 e. The fraction of sp³-hybridized carbons (Fsp3) is 0.105. The van der Waals surface area contributed by atoms with Gasteiger partial charge < -0.3 is 15.0 Å². The second-order valence-corrected chi connectivity index (χ2v) is 5.41. The van der Waals surface area contributed by atoms with Crippen molar-refractivity contribution >= 4 is 22.4 Å². The Morgan fingerprint density at radius 3 is 2.78 bits per heavy atom. The highest BCUT2D eigenvalue weighted by molar-refractivity contribution is 6.18. The summed E-state index contributed by atoms with van der Waals surface area (Å²) in [7, 11) is 1.66. The maximum absolute atomic E-state index is 11.2. The van der Waals surface area contributed by atoms with Gasteiger partial charge in [0.2, 0.25) is 5.91 Å². The maximum Gasteiger partial charge on any atom is 0.248 e. The minimum Gasteiger partial charge on any atom is -0.497 e. The third kappa shape index (κ3) is 2.97. The first-order chi connectivity index (χ1) is 11.1. The van der Waals surface area contributed by atoms with Crippen LogP contribution >= 0.6 is 0 Å². The number of primary amides is 1. The van der Waals surface area contributed by atoms with Gasteiger partial charge in [-0.2, -0.15) is 0 Å². The van der Waals surface area contributed by atoms with Crippen molar-refractivity contribution in [3.8, 4) is 5.75 Å². The van der Waals surface area contributed by atoms with Crippen LogP contribution < -0.4 is 10.5 Å². The molecule has 23 heavy (non-hydrogen) atoms. The molecule has 0 radical (unpaired) electrons. The van der Waals surface area contributed by atoms with E-state index in [1.807, 2.05) is 48.7 Å². The van der Waals surface area contributed by atoms with E-state index in [-0.39, 0.29) is 0 Å². The van der Waals surface area contributed by atoms with Crippen molar-refractivity contribution in [1.82, 2.24) is 4.57 Å². The summed E-state index contributed by atoms with van der Waals surface area (Å²) < 4.78 is 7.42. The van der Waals surface area contributed by atoms with Crippen molar-refractivity contribution in [1.29, 1.82) is 0 Å². The van der Waals surface area contributed by atoms with Crippen LogP contribution in [0.25, 0.3) is 16.5 Å². The number of hydrogen-bond acceptors (Lipinski definition) is 2. The minimum atomic E-state index is -0.500. The van der Waals surface area contributed by atoms with E-state index in [0.29, 0.717) is 5.57 Å². The topological polar surface area (TPSA) is 57.2 Å². The van der Waals surface area contributed by atoms with Gasteiger partial charge in [-0.05, 0) is 41.5 Å². The average Bonchev–Trinajstić information content (AvgIpc) is 2.96. The van der Waals surface area contributed by atoms with Gasteiger partial charge in [-0.15, -0.1) is 0 Å². The molecule has 4 heteroatoms. The first-order valence-corrected chi connectivity index (χ1v) is 7.29. The van der Waals surface area contributed by atoms with Gasteiger partial charge in [0, 0.05) is 29.2 Å². The van der Waals surface area contributed by atoms with E-state index in [4.69, 9.17) is 10.5 Å². The molecule has 1 aromatic heterocycles. The van der Waals surface area contributed by atoms with E-state index in [0.717, 1.165) is 34.3 Å². The predicted octanol–water partition coefficient (Wildman–Crippen LogP) is 3.20. The van der Waals surface area contributed by atoms with Crippen LogP contribution in [0.4, 0.5) is 0 Å². The standard InChI is InChI=1S/C19H18N2O2/c1-13(19(20)22)15-6-7-18-16(11-15)8-9-21(18)12-14-4-3-5-17(10-14)23-2/h3-11H,1,12H2,2H3,(H2,20,22). The quantitative estimate of drug-likeness (QED) is 0.736. The summed E-state index contributed by atoms with van der Waals surface area (Å²) >= 11 is 0. The number of hydrogen-bond donors (Lipinski definition) is 1. The summed E-state index contributed by atoms with van der Waals surface area (Å²) in [5, 5.41) is 1.05. The number of ether oxygens (including phenoxy) is 1. The zero-order valence-corrected chi connectivity index (χ0v) is 13.0. The van der Waals surface area contributed by atoms with Gasteiger partial charge in [0.15, 0.2) is 0 Å². The Balaban J connectivity index is 1.93. The van der Waals surface area contributed by atoms with Crippen LogP contribution in [0, 0.1) is 0 Å². The van der Waals surface area contributed by atoms with E-state index in [1.165, 1.54) is 0 Å². The molecule has 0 spiro atoms. The number of nitrogens with two attached hydrogens (primary N) is 1. The number of carbonyl (C=O) groups is 1. The Morgan fingerprint density at radius 2 is 2.04 bits per heavy atom. The molecular formula is C19H18N2O2. The summed E-state index contributed by atoms with van der Waals surface area (Å²) in [6.45, 7) is 4.48. The predicted molar refractivity (Wildman–Crippen MR) is 92.3 cm³/mol. The zero-order valence-electron chi connectivity index (χ0n) is 13.0. The fourth-order valence-corrected chi connectivity index (χ4v) is 2.64. The van der Waals surface area contributed by atoms with E-state index in [1.54, 1.807) is 7.11 Å². The second kappa shape index (κ2) is 6.01. The summed E-state index contributed by atoms with van der Waals surface area (Å²) in [4.78, 5) is 11.2. The van der Waals surface area contributed by atoms with Crippen molar-refractivity contribution in [3.63, 3.8) is 0 Å². The lowest BCUT2D eigenvalue weighted by molar-refractivity contribution is -0.112. The summed E-state index contributed by atoms with van der Waals surface area (Å²) in [6, 6.07) is 15.8. The minimum absolute atomic E-state index is 0.326. The molecule has 1 amide bonds. The Morgan fingerprint density at radius 1 is 1.22 bits per heavy atom. The highest BCUT2D eigenvalue weighted by atomic mass is 16.5. The molecule has 0 fully saturated rings. The van der Waals surface area contributed by atoms with Gasteiger partial charge in [-0.1, -0.05) is 24.8 Å². The Kier molecular flexibility index (Phi) is 3.89. The number of aromatic nitrogens is 1. The van der Waals surface area contributed by atoms with E-state index in [2.05, 4.69) is 17.2 Å². The maximum atomic E-state index is 11.2. The molecule has 1 heterocycles. The monoisotopic (exact) mass is 306 g/mol. The zero-order chi connectivity index (χ0) is 16.4. The molecule has 0 aliphatic carbocycles. The van der Waals surface area contributed by atoms with Crippen LogP contribution in [0.1, 0.15) is 11.1 Å². The number of nitrogens with zero attached hydrogens (tertiary/aromatic N) is 1. The van der Waals surface area contributed by atoms with Gasteiger partial charge in [0.1, 0.15) is 5.75 Å². The van der Waals surface area contributed by atoms with Gasteiger partial charge in [0.05, 0.1) is 7.11 Å². The van der Waals surface area contributed by atoms with Gasteiger partial charge in [-0.3, -0.25) is 4.79 Å². The van der Waals surface area contributed by atoms with Gasteiger partial charge in [0.25, 0.3) is 0 Å². The first-order valence-electron chi connectivity index (χ1n) is 7.29. The molecule has 2 N–H and O–H groups in total. The molecule has 2 aromatic carbocycles. The highest BCUT2D eigenvalue weighted by Crippen LogP contribution is 2.23. The van der Waals surface area contributed by atoms with Crippen LogP contribution in [0.5, 0.6) is 5.75 Å². The molecule has 0 saturated heterocycles. The molecule has 116 valence electrons. The Bertz CT molecular complexity index is 893. The number of amides is 1. The Labute approximate surface area is 134 Å². The van der Waals surface area contributed by atoms with E-state index in [9.17, 15) is 4.79 Å². The molecule has 0 saturated carbocycles. The van der Waals surface area contributed by atoms with Crippen molar-refractivity contribution in [2.24, 2.45) is 5.73 Å². The molecular weight excluding hydrogens is 288 g/mol. The molecule has 0 bridgehead atoms. The molecule has 0 unspecified atom stereocenters. The normalized spacial score (nSPS) is 10.7. The lowest BCUT2D eigenvalue weighted by Gasteiger charge is -2.08. The summed E-state index contributed by atoms with van der Waals surface area (Å²) in [6.07, 6.45) is 2.03. The molecule has 0 aliphatic heterocycles. The van der Waals surface area contributed by atoms with Crippen molar-refractivity contribution < 1.29 is 9.53 Å². The van der Waals surface area contributed by atoms with Gasteiger partial charge in [-0.25, -0.2) is 0 Å². The van der Waals surface area contributed by atoms with Crippen LogP contribution in [0.2, 0.25) is 0 Å². The lowest BCUT2D eigenvalue weighted by atomic mass is 10.1. The van der Waals surface area contributed by atoms with E-state index >= 15 is 0 Å². The lowest BCUT2D eigenvalue weighted by Crippen LogP contribution is -2.11. The average molecular weight is 306 g/mol. The third-order valence-corrected chi connectivity index (χ3v) is 3.90. The van der Waals surface area contributed by atoms with Crippen LogP contribution in [0.15, 0.2) is 61.3 Å². The van der Waals surface area contributed by atoms with Crippen molar-refractivity contribution in [2.75, 3.05) is 7.11 Å². The van der Waals surface area contributed by atoms with Gasteiger partial charge >= 0.3 is 0 Å². The van der Waals surface area contributed by atoms with E-state index < -0.39 is 5.91 Å². The number of fused-ring (bicyclic) bond motifs is 1. The van der Waals surface area contributed by atoms with Crippen LogP contribution in [0.3, 0.4) is 0 Å². The second-order valence-electron chi connectivity index (χ2n) is 5.41. The summed E-state index contributed by atoms with van der Waals surface area (Å²) in [5.74, 6) is 0.346. The Hall–Kier alpha value is -3.01. The highest BCUT2D eigenvalue weighted by Gasteiger charge is 2.08. The fourth-order valence-electron chi connectivity index (χ4n) is 2.64. The number of rotatable bonds is 5. The molecule has 3 aromatic rings. The first kappa shape index (κ1) is 14.9. The molecule has 0 aliphatic rings. The summed E-state index contributed by atoms with van der Waals surface area (Å²) in [5.41, 5.74) is 8.62. The third-order valence-electron chi connectivity index (χ3n) is 3.90. The molecule has 3 rings (SSSR count). The number of benzene rings is 2.